The van der Waals surface area contributed by atoms with E-state index in [-0.39, 0.29) is 6.61 Å². The van der Waals surface area contributed by atoms with E-state index in [1.54, 1.807) is 0 Å². The lowest BCUT2D eigenvalue weighted by Gasteiger charge is -2.13. The standard InChI is InChI=1S/C12H22N2O2/c1-3-4-12(13-2)10-5-6-14(7-10)8-11(16)9-15/h5-7,11-13,15-16H,3-4,8-9H2,1-2H3. The zero-order chi connectivity index (χ0) is 12.0. The van der Waals surface area contributed by atoms with Gasteiger partial charge in [-0.2, -0.15) is 0 Å². The number of aliphatic hydroxyl groups excluding tert-OH is 2. The fourth-order valence-electron chi connectivity index (χ4n) is 1.85. The van der Waals surface area contributed by atoms with Crippen molar-refractivity contribution in [2.24, 2.45) is 0 Å². The Bertz CT molecular complexity index is 299. The third kappa shape index (κ3) is 3.63. The van der Waals surface area contributed by atoms with Crippen molar-refractivity contribution < 1.29 is 10.2 Å². The van der Waals surface area contributed by atoms with Gasteiger partial charge in [0.25, 0.3) is 0 Å². The topological polar surface area (TPSA) is 57.4 Å². The van der Waals surface area contributed by atoms with E-state index in [0.29, 0.717) is 12.6 Å². The number of hydrogen-bond donors (Lipinski definition) is 3. The van der Waals surface area contributed by atoms with Crippen molar-refractivity contribution in [2.75, 3.05) is 13.7 Å². The molecule has 0 fully saturated rings. The summed E-state index contributed by atoms with van der Waals surface area (Å²) < 4.78 is 1.91. The number of nitrogens with one attached hydrogen (secondary N) is 1. The molecule has 0 aliphatic heterocycles. The summed E-state index contributed by atoms with van der Waals surface area (Å²) in [4.78, 5) is 0. The summed E-state index contributed by atoms with van der Waals surface area (Å²) in [5.74, 6) is 0. The van der Waals surface area contributed by atoms with Crippen LogP contribution in [0.3, 0.4) is 0 Å². The van der Waals surface area contributed by atoms with E-state index in [1.807, 2.05) is 24.0 Å². The van der Waals surface area contributed by atoms with Gasteiger partial charge in [0, 0.05) is 18.4 Å². The first-order chi connectivity index (χ1) is 7.71. The lowest BCUT2D eigenvalue weighted by Crippen LogP contribution is -2.19. The second-order valence-electron chi connectivity index (χ2n) is 4.11. The van der Waals surface area contributed by atoms with Gasteiger partial charge in [-0.05, 0) is 25.1 Å². The number of rotatable bonds is 7. The van der Waals surface area contributed by atoms with E-state index in [9.17, 15) is 5.11 Å². The van der Waals surface area contributed by atoms with Gasteiger partial charge in [-0.15, -0.1) is 0 Å². The van der Waals surface area contributed by atoms with Crippen LogP contribution in [0.15, 0.2) is 18.5 Å². The molecule has 0 saturated heterocycles. The normalized spacial score (nSPS) is 15.0. The van der Waals surface area contributed by atoms with Crippen molar-refractivity contribution >= 4 is 0 Å². The van der Waals surface area contributed by atoms with Crippen LogP contribution in [-0.4, -0.2) is 34.5 Å². The first kappa shape index (κ1) is 13.2. The monoisotopic (exact) mass is 226 g/mol. The summed E-state index contributed by atoms with van der Waals surface area (Å²) in [5, 5.41) is 21.4. The highest BCUT2D eigenvalue weighted by molar-refractivity contribution is 5.15. The van der Waals surface area contributed by atoms with E-state index in [2.05, 4.69) is 18.3 Å². The van der Waals surface area contributed by atoms with Gasteiger partial charge in [-0.1, -0.05) is 13.3 Å². The number of aromatic nitrogens is 1. The van der Waals surface area contributed by atoms with Gasteiger partial charge in [0.15, 0.2) is 0 Å². The van der Waals surface area contributed by atoms with Gasteiger partial charge >= 0.3 is 0 Å². The highest BCUT2D eigenvalue weighted by Gasteiger charge is 2.10. The van der Waals surface area contributed by atoms with Crippen LogP contribution >= 0.6 is 0 Å². The van der Waals surface area contributed by atoms with E-state index in [1.165, 1.54) is 5.56 Å². The molecule has 0 aliphatic carbocycles. The van der Waals surface area contributed by atoms with Crippen LogP contribution in [0.5, 0.6) is 0 Å². The summed E-state index contributed by atoms with van der Waals surface area (Å²) in [7, 11) is 1.96. The van der Waals surface area contributed by atoms with Crippen LogP contribution in [0.25, 0.3) is 0 Å². The Hall–Kier alpha value is -0.840. The highest BCUT2D eigenvalue weighted by atomic mass is 16.3. The Balaban J connectivity index is 2.62. The fourth-order valence-corrected chi connectivity index (χ4v) is 1.85. The summed E-state index contributed by atoms with van der Waals surface area (Å²) in [5.41, 5.74) is 1.23. The molecule has 1 heterocycles. The molecule has 0 radical (unpaired) electrons. The third-order valence-corrected chi connectivity index (χ3v) is 2.73. The zero-order valence-electron chi connectivity index (χ0n) is 10.1. The quantitative estimate of drug-likeness (QED) is 0.647. The first-order valence-electron chi connectivity index (χ1n) is 5.83. The molecular weight excluding hydrogens is 204 g/mol. The SMILES string of the molecule is CCCC(NC)c1ccn(CC(O)CO)c1. The molecule has 4 heteroatoms. The Morgan fingerprint density at radius 2 is 2.25 bits per heavy atom. The summed E-state index contributed by atoms with van der Waals surface area (Å²) in [6.45, 7) is 2.41. The molecule has 0 bridgehead atoms. The van der Waals surface area contributed by atoms with Crippen molar-refractivity contribution in [3.63, 3.8) is 0 Å². The molecule has 0 aliphatic rings. The van der Waals surface area contributed by atoms with Gasteiger partial charge < -0.3 is 20.1 Å². The fraction of sp³-hybridized carbons (Fsp3) is 0.667. The minimum absolute atomic E-state index is 0.196. The lowest BCUT2D eigenvalue weighted by atomic mass is 10.1. The average Bonchev–Trinajstić information content (AvgIpc) is 2.74. The van der Waals surface area contributed by atoms with Crippen LogP contribution in [0, 0.1) is 0 Å². The Morgan fingerprint density at radius 1 is 1.50 bits per heavy atom. The predicted molar refractivity (Wildman–Crippen MR) is 64.2 cm³/mol. The molecule has 1 aromatic heterocycles. The van der Waals surface area contributed by atoms with Gasteiger partial charge in [-0.25, -0.2) is 0 Å². The van der Waals surface area contributed by atoms with E-state index < -0.39 is 6.10 Å². The van der Waals surface area contributed by atoms with Gasteiger partial charge in [-0.3, -0.25) is 0 Å². The summed E-state index contributed by atoms with van der Waals surface area (Å²) in [6, 6.07) is 2.43. The average molecular weight is 226 g/mol. The molecule has 0 spiro atoms. The van der Waals surface area contributed by atoms with Crippen LogP contribution < -0.4 is 5.32 Å². The van der Waals surface area contributed by atoms with E-state index in [4.69, 9.17) is 5.11 Å². The summed E-state index contributed by atoms with van der Waals surface area (Å²) >= 11 is 0. The maximum atomic E-state index is 9.33. The predicted octanol–water partition coefficient (Wildman–Crippen LogP) is 0.902. The van der Waals surface area contributed by atoms with Crippen LogP contribution in [0.4, 0.5) is 0 Å². The smallest absolute Gasteiger partial charge is 0.0949 e. The molecule has 16 heavy (non-hydrogen) atoms. The van der Waals surface area contributed by atoms with Crippen LogP contribution in [0.1, 0.15) is 31.4 Å². The maximum Gasteiger partial charge on any atom is 0.0949 e. The molecule has 1 aromatic rings. The van der Waals surface area contributed by atoms with Crippen molar-refractivity contribution in [2.45, 2.75) is 38.5 Å². The van der Waals surface area contributed by atoms with Crippen molar-refractivity contribution in [1.29, 1.82) is 0 Å². The molecule has 92 valence electrons. The minimum atomic E-state index is -0.681. The first-order valence-corrected chi connectivity index (χ1v) is 5.83. The number of aliphatic hydroxyl groups is 2. The van der Waals surface area contributed by atoms with Gasteiger partial charge in [0.05, 0.1) is 19.3 Å². The third-order valence-electron chi connectivity index (χ3n) is 2.73. The second-order valence-corrected chi connectivity index (χ2v) is 4.11. The van der Waals surface area contributed by atoms with Crippen LogP contribution in [0.2, 0.25) is 0 Å². The van der Waals surface area contributed by atoms with Crippen LogP contribution in [-0.2, 0) is 6.54 Å². The molecule has 0 amide bonds. The largest absolute Gasteiger partial charge is 0.394 e. The Kier molecular flexibility index (Phi) is 5.52. The molecule has 2 atom stereocenters. The number of hydrogen-bond acceptors (Lipinski definition) is 3. The van der Waals surface area contributed by atoms with Crippen molar-refractivity contribution in [3.8, 4) is 0 Å². The zero-order valence-corrected chi connectivity index (χ0v) is 10.1. The van der Waals surface area contributed by atoms with Gasteiger partial charge in [0.2, 0.25) is 0 Å². The minimum Gasteiger partial charge on any atom is -0.394 e. The molecule has 2 unspecified atom stereocenters. The van der Waals surface area contributed by atoms with Crippen molar-refractivity contribution in [3.05, 3.63) is 24.0 Å². The molecular formula is C12H22N2O2. The van der Waals surface area contributed by atoms with E-state index in [0.717, 1.165) is 12.8 Å². The second kappa shape index (κ2) is 6.68. The molecule has 3 N–H and O–H groups in total. The molecule has 0 saturated carbocycles. The highest BCUT2D eigenvalue weighted by Crippen LogP contribution is 2.18. The summed E-state index contributed by atoms with van der Waals surface area (Å²) in [6.07, 6.45) is 5.52. The molecule has 1 rings (SSSR count). The van der Waals surface area contributed by atoms with Crippen molar-refractivity contribution in [1.82, 2.24) is 9.88 Å². The maximum absolute atomic E-state index is 9.33. The number of nitrogens with zero attached hydrogens (tertiary/aromatic N) is 1. The Morgan fingerprint density at radius 3 is 2.81 bits per heavy atom. The van der Waals surface area contributed by atoms with E-state index >= 15 is 0 Å². The Labute approximate surface area is 96.9 Å². The molecule has 4 nitrogen and oxygen atoms in total. The van der Waals surface area contributed by atoms with Gasteiger partial charge in [0.1, 0.15) is 0 Å². The molecule has 0 aromatic carbocycles. The lowest BCUT2D eigenvalue weighted by molar-refractivity contribution is 0.0813.